The van der Waals surface area contributed by atoms with E-state index in [0.29, 0.717) is 35.3 Å². The number of aliphatic hydroxyl groups excluding tert-OH is 1. The number of nitrogens with one attached hydrogen (secondary N) is 1. The van der Waals surface area contributed by atoms with Crippen LogP contribution in [0.15, 0.2) is 41.0 Å². The first-order valence-electron chi connectivity index (χ1n) is 11.1. The summed E-state index contributed by atoms with van der Waals surface area (Å²) >= 11 is 0. The molecule has 3 heterocycles. The van der Waals surface area contributed by atoms with E-state index in [2.05, 4.69) is 10.3 Å². The number of hydrogen-bond donors (Lipinski definition) is 2. The van der Waals surface area contributed by atoms with Gasteiger partial charge in [-0.2, -0.15) is 0 Å². The minimum atomic E-state index is -0.790. The van der Waals surface area contributed by atoms with Crippen LogP contribution in [-0.2, 0) is 15.9 Å². The van der Waals surface area contributed by atoms with Crippen molar-refractivity contribution < 1.29 is 33.0 Å². The highest BCUT2D eigenvalue weighted by Gasteiger charge is 2.27. The molecule has 0 spiro atoms. The topological polar surface area (TPSA) is 111 Å². The zero-order valence-electron chi connectivity index (χ0n) is 19.3. The lowest BCUT2D eigenvalue weighted by atomic mass is 10.0. The number of pyridine rings is 1. The number of aliphatic hydroxyl groups is 1. The number of amides is 1. The summed E-state index contributed by atoms with van der Waals surface area (Å²) < 4.78 is 30.7. The van der Waals surface area contributed by atoms with E-state index < -0.39 is 35.4 Å². The quantitative estimate of drug-likeness (QED) is 0.550. The Morgan fingerprint density at radius 2 is 2.06 bits per heavy atom. The molecule has 8 nitrogen and oxygen atoms in total. The predicted molar refractivity (Wildman–Crippen MR) is 121 cm³/mol. The summed E-state index contributed by atoms with van der Waals surface area (Å²) in [5.74, 6) is -1.85. The van der Waals surface area contributed by atoms with Gasteiger partial charge in [0.25, 0.3) is 5.91 Å². The zero-order valence-corrected chi connectivity index (χ0v) is 19.3. The van der Waals surface area contributed by atoms with E-state index in [4.69, 9.17) is 13.9 Å². The Hall–Kier alpha value is -3.30. The summed E-state index contributed by atoms with van der Waals surface area (Å²) in [5.41, 5.74) is 1.47. The average Bonchev–Trinajstić information content (AvgIpc) is 3.23. The number of carbonyl (C=O) groups is 2. The molecule has 1 aliphatic heterocycles. The van der Waals surface area contributed by atoms with Gasteiger partial charge in [0.15, 0.2) is 5.58 Å². The monoisotopic (exact) mass is 470 g/mol. The Balaban J connectivity index is 1.57. The lowest BCUT2D eigenvalue weighted by Gasteiger charge is -2.28. The van der Waals surface area contributed by atoms with Crippen molar-refractivity contribution in [2.24, 2.45) is 0 Å². The Kier molecular flexibility index (Phi) is 6.67. The Bertz CT molecular complexity index is 1220. The molecule has 3 aromatic rings. The van der Waals surface area contributed by atoms with Crippen LogP contribution in [0.4, 0.5) is 4.39 Å². The molecule has 0 radical (unpaired) electrons. The third kappa shape index (κ3) is 5.43. The molecular weight excluding hydrogens is 443 g/mol. The molecule has 1 aliphatic rings. The molecule has 0 bridgehead atoms. The summed E-state index contributed by atoms with van der Waals surface area (Å²) in [7, 11) is 0. The second kappa shape index (κ2) is 9.52. The van der Waals surface area contributed by atoms with Gasteiger partial charge < -0.3 is 24.3 Å². The molecular formula is C25H27FN2O6. The van der Waals surface area contributed by atoms with Gasteiger partial charge in [0.2, 0.25) is 0 Å². The van der Waals surface area contributed by atoms with E-state index in [-0.39, 0.29) is 24.3 Å². The van der Waals surface area contributed by atoms with E-state index in [1.807, 2.05) is 0 Å². The first kappa shape index (κ1) is 23.8. The number of nitrogens with zero attached hydrogens (tertiary/aromatic N) is 1. The summed E-state index contributed by atoms with van der Waals surface area (Å²) in [4.78, 5) is 29.5. The molecule has 1 fully saturated rings. The van der Waals surface area contributed by atoms with Gasteiger partial charge in [-0.3, -0.25) is 4.79 Å². The Morgan fingerprint density at radius 1 is 1.26 bits per heavy atom. The number of carbonyl (C=O) groups excluding carboxylic acids is 2. The van der Waals surface area contributed by atoms with Crippen LogP contribution >= 0.6 is 0 Å². The molecule has 0 aliphatic carbocycles. The highest BCUT2D eigenvalue weighted by atomic mass is 19.1. The minimum Gasteiger partial charge on any atom is -0.462 e. The van der Waals surface area contributed by atoms with Crippen LogP contribution < -0.4 is 5.32 Å². The number of rotatable bonds is 5. The number of esters is 1. The summed E-state index contributed by atoms with van der Waals surface area (Å²) in [6.07, 6.45) is 1.42. The van der Waals surface area contributed by atoms with Gasteiger partial charge in [-0.1, -0.05) is 6.07 Å². The number of halogens is 1. The molecule has 180 valence electrons. The highest BCUT2D eigenvalue weighted by molar-refractivity contribution is 5.95. The van der Waals surface area contributed by atoms with E-state index in [9.17, 15) is 19.1 Å². The van der Waals surface area contributed by atoms with Crippen LogP contribution in [0.1, 0.15) is 59.2 Å². The van der Waals surface area contributed by atoms with Gasteiger partial charge >= 0.3 is 5.97 Å². The molecule has 2 N–H and O–H groups in total. The van der Waals surface area contributed by atoms with E-state index in [0.717, 1.165) is 0 Å². The van der Waals surface area contributed by atoms with Crippen molar-refractivity contribution in [3.8, 4) is 0 Å². The standard InChI is InChI=1S/C25H27FN2O6/c1-25(2,3)34-24(31)16-5-4-14(11-17(16)26)10-15-12-20(27-19-7-9-33-22(15)19)23(30)28-18-6-8-32-13-21(18)29/h4-5,7,9,11-12,18,21,29H,6,8,10,13H2,1-3H3,(H,28,30)/t18-,21-/m0/s1. The van der Waals surface area contributed by atoms with Crippen molar-refractivity contribution in [1.29, 1.82) is 0 Å². The van der Waals surface area contributed by atoms with Crippen molar-refractivity contribution in [2.75, 3.05) is 13.2 Å². The van der Waals surface area contributed by atoms with E-state index in [1.165, 1.54) is 18.4 Å². The van der Waals surface area contributed by atoms with Gasteiger partial charge in [0.1, 0.15) is 22.6 Å². The molecule has 1 amide bonds. The van der Waals surface area contributed by atoms with Gasteiger partial charge in [-0.15, -0.1) is 0 Å². The summed E-state index contributed by atoms with van der Waals surface area (Å²) in [6, 6.07) is 7.10. The van der Waals surface area contributed by atoms with Gasteiger partial charge in [0, 0.05) is 24.7 Å². The molecule has 0 unspecified atom stereocenters. The fourth-order valence-electron chi connectivity index (χ4n) is 3.79. The number of benzene rings is 1. The van der Waals surface area contributed by atoms with E-state index in [1.54, 1.807) is 39.0 Å². The first-order chi connectivity index (χ1) is 16.1. The smallest absolute Gasteiger partial charge is 0.341 e. The lowest BCUT2D eigenvalue weighted by Crippen LogP contribution is -2.48. The normalized spacial score (nSPS) is 18.6. The van der Waals surface area contributed by atoms with Crippen molar-refractivity contribution in [1.82, 2.24) is 10.3 Å². The maximum atomic E-state index is 14.7. The number of ether oxygens (including phenoxy) is 2. The third-order valence-electron chi connectivity index (χ3n) is 5.41. The van der Waals surface area contributed by atoms with Crippen molar-refractivity contribution in [3.05, 3.63) is 64.8 Å². The van der Waals surface area contributed by atoms with Crippen LogP contribution in [-0.4, -0.2) is 52.9 Å². The Labute approximate surface area is 196 Å². The second-order valence-corrected chi connectivity index (χ2v) is 9.31. The number of furan rings is 1. The maximum Gasteiger partial charge on any atom is 0.341 e. The molecule has 34 heavy (non-hydrogen) atoms. The molecule has 4 rings (SSSR count). The maximum absolute atomic E-state index is 14.7. The molecule has 1 aromatic carbocycles. The van der Waals surface area contributed by atoms with Gasteiger partial charge in [0.05, 0.1) is 30.6 Å². The number of hydrogen-bond acceptors (Lipinski definition) is 7. The SMILES string of the molecule is CC(C)(C)OC(=O)c1ccc(Cc2cc(C(=O)N[C@H]3CCOC[C@@H]3O)nc3ccoc23)cc1F. The van der Waals surface area contributed by atoms with E-state index >= 15 is 0 Å². The van der Waals surface area contributed by atoms with Crippen molar-refractivity contribution in [3.63, 3.8) is 0 Å². The average molecular weight is 470 g/mol. The summed E-state index contributed by atoms with van der Waals surface area (Å²) in [6.45, 7) is 5.75. The predicted octanol–water partition coefficient (Wildman–Crippen LogP) is 3.39. The van der Waals surface area contributed by atoms with Gasteiger partial charge in [-0.25, -0.2) is 14.2 Å². The van der Waals surface area contributed by atoms with Gasteiger partial charge in [-0.05, 0) is 51.0 Å². The fourth-order valence-corrected chi connectivity index (χ4v) is 3.79. The zero-order chi connectivity index (χ0) is 24.5. The Morgan fingerprint density at radius 3 is 2.76 bits per heavy atom. The van der Waals surface area contributed by atoms with Crippen molar-refractivity contribution >= 4 is 23.0 Å². The van der Waals surface area contributed by atoms with Crippen LogP contribution in [0.25, 0.3) is 11.1 Å². The molecule has 2 aromatic heterocycles. The summed E-state index contributed by atoms with van der Waals surface area (Å²) in [5, 5.41) is 12.9. The molecule has 9 heteroatoms. The minimum absolute atomic E-state index is 0.147. The van der Waals surface area contributed by atoms with Crippen LogP contribution in [0.5, 0.6) is 0 Å². The molecule has 0 saturated carbocycles. The third-order valence-corrected chi connectivity index (χ3v) is 5.41. The number of aromatic nitrogens is 1. The first-order valence-corrected chi connectivity index (χ1v) is 11.1. The van der Waals surface area contributed by atoms with Crippen molar-refractivity contribution in [2.45, 2.75) is 51.4 Å². The second-order valence-electron chi connectivity index (χ2n) is 9.31. The fraction of sp³-hybridized carbons (Fsp3) is 0.400. The highest BCUT2D eigenvalue weighted by Crippen LogP contribution is 2.24. The van der Waals surface area contributed by atoms with Crippen LogP contribution in [0.2, 0.25) is 0 Å². The molecule has 1 saturated heterocycles. The molecule has 2 atom stereocenters. The van der Waals surface area contributed by atoms with Crippen LogP contribution in [0, 0.1) is 5.82 Å². The lowest BCUT2D eigenvalue weighted by molar-refractivity contribution is -0.0261. The van der Waals surface area contributed by atoms with Crippen LogP contribution in [0.3, 0.4) is 0 Å². The largest absolute Gasteiger partial charge is 0.462 e. The number of fused-ring (bicyclic) bond motifs is 1.